The quantitative estimate of drug-likeness (QED) is 0.169. The first-order valence-corrected chi connectivity index (χ1v) is 12.1. The van der Waals surface area contributed by atoms with Gasteiger partial charge in [0.1, 0.15) is 0 Å². The number of aliphatic hydroxyl groups excluding tert-OH is 3. The number of aliphatic hydroxyl groups is 4. The summed E-state index contributed by atoms with van der Waals surface area (Å²) < 4.78 is 5.87. The van der Waals surface area contributed by atoms with E-state index >= 15 is 0 Å². The molecule has 0 radical (unpaired) electrons. The Morgan fingerprint density at radius 2 is 1.38 bits per heavy atom. The molecule has 6 heteroatoms. The standard InChI is InChI=1S/C23H47NO5/c1-2-11-21(20-14-15-20)29-23(28)13-8-6-10-17-24(18-19-25)16-9-5-3-4-7-12-22(26)27/h20-23,25-28H,2-19H2,1H3. The lowest BCUT2D eigenvalue weighted by atomic mass is 10.1. The SMILES string of the molecule is CCCC(OC(O)CCCCCN(CCO)CCCCCCCC(O)O)C1CC1. The fourth-order valence-corrected chi connectivity index (χ4v) is 3.94. The molecule has 0 aromatic rings. The Hall–Kier alpha value is -0.240. The zero-order valence-electron chi connectivity index (χ0n) is 18.7. The molecule has 0 aromatic carbocycles. The largest absolute Gasteiger partial charge is 0.395 e. The summed E-state index contributed by atoms with van der Waals surface area (Å²) in [6.07, 6.45) is 12.8. The zero-order chi connectivity index (χ0) is 21.3. The minimum absolute atomic E-state index is 0.195. The fraction of sp³-hybridized carbons (Fsp3) is 1.00. The minimum atomic E-state index is -1.17. The van der Waals surface area contributed by atoms with Gasteiger partial charge in [0.15, 0.2) is 12.6 Å². The summed E-state index contributed by atoms with van der Waals surface area (Å²) in [4.78, 5) is 2.33. The number of rotatable bonds is 21. The Morgan fingerprint density at radius 1 is 0.793 bits per heavy atom. The number of unbranched alkanes of at least 4 members (excludes halogenated alkanes) is 6. The molecule has 1 saturated carbocycles. The first-order valence-electron chi connectivity index (χ1n) is 12.1. The van der Waals surface area contributed by atoms with Crippen LogP contribution in [-0.2, 0) is 4.74 Å². The summed E-state index contributed by atoms with van der Waals surface area (Å²) in [7, 11) is 0. The van der Waals surface area contributed by atoms with E-state index in [9.17, 15) is 10.2 Å². The van der Waals surface area contributed by atoms with Crippen molar-refractivity contribution in [3.63, 3.8) is 0 Å². The molecule has 2 atom stereocenters. The molecule has 0 aromatic heterocycles. The molecular formula is C23H47NO5. The van der Waals surface area contributed by atoms with Gasteiger partial charge in [-0.3, -0.25) is 0 Å². The topological polar surface area (TPSA) is 93.4 Å². The van der Waals surface area contributed by atoms with Crippen LogP contribution in [0.1, 0.15) is 96.8 Å². The van der Waals surface area contributed by atoms with Crippen LogP contribution in [0.2, 0.25) is 0 Å². The first-order chi connectivity index (χ1) is 14.1. The molecule has 0 amide bonds. The lowest BCUT2D eigenvalue weighted by Gasteiger charge is -2.22. The van der Waals surface area contributed by atoms with Crippen molar-refractivity contribution in [2.75, 3.05) is 26.2 Å². The Kier molecular flexibility index (Phi) is 16.1. The maximum atomic E-state index is 10.2. The van der Waals surface area contributed by atoms with Gasteiger partial charge in [0, 0.05) is 6.54 Å². The molecular weight excluding hydrogens is 370 g/mol. The van der Waals surface area contributed by atoms with Gasteiger partial charge in [0.05, 0.1) is 12.7 Å². The van der Waals surface area contributed by atoms with Crippen LogP contribution in [0.5, 0.6) is 0 Å². The van der Waals surface area contributed by atoms with E-state index in [1.54, 1.807) is 0 Å². The normalized spacial score (nSPS) is 16.7. The maximum Gasteiger partial charge on any atom is 0.154 e. The molecule has 0 bridgehead atoms. The van der Waals surface area contributed by atoms with Crippen molar-refractivity contribution >= 4 is 0 Å². The fourth-order valence-electron chi connectivity index (χ4n) is 3.94. The van der Waals surface area contributed by atoms with Crippen molar-refractivity contribution < 1.29 is 25.2 Å². The van der Waals surface area contributed by atoms with E-state index in [0.717, 1.165) is 90.3 Å². The van der Waals surface area contributed by atoms with Crippen LogP contribution in [0, 0.1) is 5.92 Å². The third-order valence-electron chi connectivity index (χ3n) is 5.83. The summed E-state index contributed by atoms with van der Waals surface area (Å²) in [6, 6.07) is 0. The van der Waals surface area contributed by atoms with Gasteiger partial charge >= 0.3 is 0 Å². The lowest BCUT2D eigenvalue weighted by Crippen LogP contribution is -2.29. The van der Waals surface area contributed by atoms with E-state index in [1.165, 1.54) is 12.8 Å². The van der Waals surface area contributed by atoms with Crippen molar-refractivity contribution in [2.24, 2.45) is 5.92 Å². The maximum absolute atomic E-state index is 10.2. The summed E-state index contributed by atoms with van der Waals surface area (Å²) in [5.41, 5.74) is 0. The highest BCUT2D eigenvalue weighted by atomic mass is 16.6. The van der Waals surface area contributed by atoms with Crippen molar-refractivity contribution in [3.05, 3.63) is 0 Å². The molecule has 0 aliphatic heterocycles. The van der Waals surface area contributed by atoms with Crippen molar-refractivity contribution in [1.82, 2.24) is 4.90 Å². The molecule has 1 aliphatic rings. The molecule has 0 heterocycles. The summed E-state index contributed by atoms with van der Waals surface area (Å²) in [6.45, 7) is 5.10. The molecule has 2 unspecified atom stereocenters. The number of nitrogens with zero attached hydrogens (tertiary/aromatic N) is 1. The van der Waals surface area contributed by atoms with Crippen LogP contribution < -0.4 is 0 Å². The van der Waals surface area contributed by atoms with Crippen LogP contribution in [0.15, 0.2) is 0 Å². The molecule has 4 N–H and O–H groups in total. The second kappa shape index (κ2) is 17.4. The van der Waals surface area contributed by atoms with Crippen molar-refractivity contribution in [3.8, 4) is 0 Å². The Labute approximate surface area is 178 Å². The monoisotopic (exact) mass is 417 g/mol. The number of hydrogen-bond acceptors (Lipinski definition) is 6. The molecule has 0 saturated heterocycles. The summed E-state index contributed by atoms with van der Waals surface area (Å²) in [5, 5.41) is 37.1. The van der Waals surface area contributed by atoms with Gasteiger partial charge in [-0.15, -0.1) is 0 Å². The van der Waals surface area contributed by atoms with Crippen LogP contribution in [-0.4, -0.2) is 70.3 Å². The van der Waals surface area contributed by atoms with Gasteiger partial charge in [0.25, 0.3) is 0 Å². The average Bonchev–Trinajstić information content (AvgIpc) is 3.51. The highest BCUT2D eigenvalue weighted by Gasteiger charge is 2.32. The summed E-state index contributed by atoms with van der Waals surface area (Å²) >= 11 is 0. The van der Waals surface area contributed by atoms with Gasteiger partial charge < -0.3 is 30.1 Å². The van der Waals surface area contributed by atoms with E-state index in [0.29, 0.717) is 12.3 Å². The van der Waals surface area contributed by atoms with E-state index in [-0.39, 0.29) is 12.7 Å². The van der Waals surface area contributed by atoms with Gasteiger partial charge in [-0.2, -0.15) is 0 Å². The number of ether oxygens (including phenoxy) is 1. The smallest absolute Gasteiger partial charge is 0.154 e. The molecule has 174 valence electrons. The highest BCUT2D eigenvalue weighted by Crippen LogP contribution is 2.37. The van der Waals surface area contributed by atoms with Gasteiger partial charge in [-0.1, -0.05) is 39.0 Å². The summed E-state index contributed by atoms with van der Waals surface area (Å²) in [5.74, 6) is 0.679. The Balaban J connectivity index is 2.02. The van der Waals surface area contributed by atoms with Crippen LogP contribution in [0.4, 0.5) is 0 Å². The minimum Gasteiger partial charge on any atom is -0.395 e. The highest BCUT2D eigenvalue weighted by molar-refractivity contribution is 4.82. The predicted octanol–water partition coefficient (Wildman–Crippen LogP) is 3.41. The second-order valence-electron chi connectivity index (χ2n) is 8.71. The van der Waals surface area contributed by atoms with Gasteiger partial charge in [0.2, 0.25) is 0 Å². The van der Waals surface area contributed by atoms with E-state index in [1.807, 2.05) is 0 Å². The molecule has 0 spiro atoms. The average molecular weight is 418 g/mol. The van der Waals surface area contributed by atoms with Gasteiger partial charge in [-0.25, -0.2) is 0 Å². The molecule has 6 nitrogen and oxygen atoms in total. The van der Waals surface area contributed by atoms with E-state index in [4.69, 9.17) is 14.9 Å². The van der Waals surface area contributed by atoms with Crippen LogP contribution in [0.3, 0.4) is 0 Å². The molecule has 29 heavy (non-hydrogen) atoms. The van der Waals surface area contributed by atoms with Crippen molar-refractivity contribution in [1.29, 1.82) is 0 Å². The Bertz CT molecular complexity index is 365. The van der Waals surface area contributed by atoms with E-state index < -0.39 is 12.6 Å². The molecule has 1 rings (SSSR count). The van der Waals surface area contributed by atoms with Crippen LogP contribution >= 0.6 is 0 Å². The van der Waals surface area contributed by atoms with Crippen molar-refractivity contribution in [2.45, 2.75) is 115 Å². The third kappa shape index (κ3) is 15.2. The third-order valence-corrected chi connectivity index (χ3v) is 5.83. The molecule has 1 aliphatic carbocycles. The van der Waals surface area contributed by atoms with E-state index in [2.05, 4.69) is 11.8 Å². The van der Waals surface area contributed by atoms with Gasteiger partial charge in [-0.05, 0) is 76.8 Å². The van der Waals surface area contributed by atoms with Crippen LogP contribution in [0.25, 0.3) is 0 Å². The zero-order valence-corrected chi connectivity index (χ0v) is 18.7. The lowest BCUT2D eigenvalue weighted by molar-refractivity contribution is -0.147. The number of hydrogen-bond donors (Lipinski definition) is 4. The molecule has 1 fully saturated rings. The Morgan fingerprint density at radius 3 is 1.97 bits per heavy atom. The predicted molar refractivity (Wildman–Crippen MR) is 116 cm³/mol. The second-order valence-corrected chi connectivity index (χ2v) is 8.71. The first kappa shape index (κ1) is 26.8.